The molecule has 4 amide bonds. The second-order valence-corrected chi connectivity index (χ2v) is 17.2. The van der Waals surface area contributed by atoms with Gasteiger partial charge in [0.05, 0.1) is 22.1 Å². The summed E-state index contributed by atoms with van der Waals surface area (Å²) in [7, 11) is 0. The van der Waals surface area contributed by atoms with Gasteiger partial charge in [-0.2, -0.15) is 20.5 Å². The molecule has 0 aliphatic rings. The molecule has 0 saturated carbocycles. The number of azo groups is 2. The first-order chi connectivity index (χ1) is 31.4. The van der Waals surface area contributed by atoms with E-state index in [-0.39, 0.29) is 43.3 Å². The molecule has 18 heteroatoms. The van der Waals surface area contributed by atoms with Crippen molar-refractivity contribution in [3.63, 3.8) is 0 Å². The Morgan fingerprint density at radius 3 is 1.24 bits per heavy atom. The van der Waals surface area contributed by atoms with Crippen molar-refractivity contribution in [2.75, 3.05) is 21.3 Å². The molecule has 0 aliphatic heterocycles. The summed E-state index contributed by atoms with van der Waals surface area (Å²) in [6, 6.07) is 22.7. The molecule has 0 fully saturated rings. The van der Waals surface area contributed by atoms with Crippen LogP contribution >= 0.6 is 46.4 Å². The fourth-order valence-electron chi connectivity index (χ4n) is 6.68. The normalized spacial score (nSPS) is 13.1. The Morgan fingerprint density at radius 2 is 0.909 bits per heavy atom. The monoisotopic (exact) mass is 970 g/mol. The Kier molecular flexibility index (Phi) is 17.8. The van der Waals surface area contributed by atoms with Gasteiger partial charge in [0.15, 0.2) is 11.6 Å². The van der Waals surface area contributed by atoms with Crippen molar-refractivity contribution in [3.05, 3.63) is 140 Å². The quantitative estimate of drug-likeness (QED) is 0.0382. The second kappa shape index (κ2) is 23.2. The molecule has 4 atom stereocenters. The summed E-state index contributed by atoms with van der Waals surface area (Å²) in [6.07, 6.45) is 0.796. The summed E-state index contributed by atoms with van der Waals surface area (Å²) in [5.74, 6) is -3.73. The first-order valence-corrected chi connectivity index (χ1v) is 22.3. The Labute approximate surface area is 402 Å². The number of alkyl halides is 2. The van der Waals surface area contributed by atoms with Crippen molar-refractivity contribution < 1.29 is 28.8 Å². The maximum absolute atomic E-state index is 13.6. The van der Waals surface area contributed by atoms with E-state index in [0.717, 1.165) is 11.1 Å². The number of benzene rings is 5. The summed E-state index contributed by atoms with van der Waals surface area (Å²) in [5, 5.41) is 27.2. The van der Waals surface area contributed by atoms with Crippen molar-refractivity contribution in [2.45, 2.75) is 77.2 Å². The van der Waals surface area contributed by atoms with Crippen molar-refractivity contribution in [1.82, 2.24) is 0 Å². The molecule has 342 valence electrons. The van der Waals surface area contributed by atoms with Crippen molar-refractivity contribution in [2.24, 2.45) is 20.5 Å². The molecular weight excluding hydrogens is 926 g/mol. The number of halogens is 4. The van der Waals surface area contributed by atoms with Crippen LogP contribution in [0.1, 0.15) is 95.3 Å². The van der Waals surface area contributed by atoms with Gasteiger partial charge in [0.2, 0.25) is 12.1 Å². The molecule has 4 unspecified atom stereocenters. The molecule has 0 aromatic heterocycles. The highest BCUT2D eigenvalue weighted by molar-refractivity contribution is 6.32. The molecule has 4 N–H and O–H groups in total. The predicted molar refractivity (Wildman–Crippen MR) is 261 cm³/mol. The molecule has 0 radical (unpaired) electrons. The highest BCUT2D eigenvalue weighted by Gasteiger charge is 2.27. The van der Waals surface area contributed by atoms with E-state index in [1.54, 1.807) is 48.5 Å². The number of nitrogens with zero attached hydrogens (tertiary/aromatic N) is 4. The summed E-state index contributed by atoms with van der Waals surface area (Å²) < 4.78 is 0. The number of hydrogen-bond acceptors (Lipinski definition) is 10. The minimum Gasteiger partial charge on any atom is -0.323 e. The average Bonchev–Trinajstić information content (AvgIpc) is 3.26. The number of ketones is 2. The summed E-state index contributed by atoms with van der Waals surface area (Å²) in [5.41, 5.74) is 5.26. The van der Waals surface area contributed by atoms with Crippen LogP contribution < -0.4 is 21.3 Å². The SMILES string of the molecule is CCc1c(NC(=O)C(N=Nc2cc(Cl)cc(C(=O)Nc3cccc(C(C)Cl)c3)c2)C(C)=O)ccc(NC(=O)C(N=Nc2cc(Cl)cc(C(=O)Nc3cccc(C(C)Cl)c3)c2)C(C)=O)c1CC. The van der Waals surface area contributed by atoms with Gasteiger partial charge < -0.3 is 21.3 Å². The molecule has 5 aromatic rings. The average molecular weight is 973 g/mol. The van der Waals surface area contributed by atoms with E-state index in [1.165, 1.54) is 50.2 Å². The van der Waals surface area contributed by atoms with Crippen molar-refractivity contribution in [3.8, 4) is 0 Å². The third-order valence-corrected chi connectivity index (χ3v) is 10.9. The van der Waals surface area contributed by atoms with Crippen LogP contribution in [0.4, 0.5) is 34.1 Å². The number of carbonyl (C=O) groups is 6. The molecule has 5 rings (SSSR count). The third-order valence-electron chi connectivity index (χ3n) is 10.00. The fourth-order valence-corrected chi connectivity index (χ4v) is 7.41. The van der Waals surface area contributed by atoms with Crippen LogP contribution in [-0.2, 0) is 32.0 Å². The zero-order chi connectivity index (χ0) is 48.2. The van der Waals surface area contributed by atoms with E-state index in [2.05, 4.69) is 41.7 Å². The first-order valence-electron chi connectivity index (χ1n) is 20.7. The summed E-state index contributed by atoms with van der Waals surface area (Å²) >= 11 is 25.0. The highest BCUT2D eigenvalue weighted by atomic mass is 35.5. The van der Waals surface area contributed by atoms with Gasteiger partial charge in [0.1, 0.15) is 0 Å². The molecule has 5 aromatic carbocycles. The van der Waals surface area contributed by atoms with E-state index in [4.69, 9.17) is 46.4 Å². The number of amides is 4. The van der Waals surface area contributed by atoms with Gasteiger partial charge in [-0.25, -0.2) is 0 Å². The lowest BCUT2D eigenvalue weighted by Crippen LogP contribution is -2.33. The maximum Gasteiger partial charge on any atom is 0.258 e. The lowest BCUT2D eigenvalue weighted by Gasteiger charge is -2.20. The van der Waals surface area contributed by atoms with E-state index in [1.807, 2.05) is 39.8 Å². The van der Waals surface area contributed by atoms with Gasteiger partial charge in [-0.3, -0.25) is 28.8 Å². The molecule has 0 aliphatic carbocycles. The van der Waals surface area contributed by atoms with E-state index in [0.29, 0.717) is 46.7 Å². The summed E-state index contributed by atoms with van der Waals surface area (Å²) in [6.45, 7) is 9.72. The van der Waals surface area contributed by atoms with Crippen LogP contribution in [-0.4, -0.2) is 47.3 Å². The Morgan fingerprint density at radius 1 is 0.530 bits per heavy atom. The number of anilines is 4. The predicted octanol–water partition coefficient (Wildman–Crippen LogP) is 12.6. The number of carbonyl (C=O) groups excluding carboxylic acids is 6. The third kappa shape index (κ3) is 13.6. The topological polar surface area (TPSA) is 200 Å². The number of nitrogens with one attached hydrogen (secondary N) is 4. The zero-order valence-electron chi connectivity index (χ0n) is 36.7. The Balaban J connectivity index is 1.30. The molecular formula is C48H46Cl4N8O6. The zero-order valence-corrected chi connectivity index (χ0v) is 39.7. The highest BCUT2D eigenvalue weighted by Crippen LogP contribution is 2.31. The van der Waals surface area contributed by atoms with Gasteiger partial charge in [0, 0.05) is 43.9 Å². The fraction of sp³-hybridized carbons (Fsp3) is 0.250. The van der Waals surface area contributed by atoms with Crippen LogP contribution in [0.5, 0.6) is 0 Å². The van der Waals surface area contributed by atoms with Crippen LogP contribution in [0.2, 0.25) is 10.0 Å². The van der Waals surface area contributed by atoms with Gasteiger partial charge in [-0.15, -0.1) is 23.2 Å². The maximum atomic E-state index is 13.6. The first kappa shape index (κ1) is 50.7. The molecule has 14 nitrogen and oxygen atoms in total. The van der Waals surface area contributed by atoms with E-state index in [9.17, 15) is 28.8 Å². The van der Waals surface area contributed by atoms with Gasteiger partial charge in [0.25, 0.3) is 23.6 Å². The van der Waals surface area contributed by atoms with Gasteiger partial charge >= 0.3 is 0 Å². The van der Waals surface area contributed by atoms with E-state index >= 15 is 0 Å². The molecule has 0 heterocycles. The number of rotatable bonds is 18. The smallest absolute Gasteiger partial charge is 0.258 e. The van der Waals surface area contributed by atoms with Crippen LogP contribution in [0.15, 0.2) is 118 Å². The van der Waals surface area contributed by atoms with Crippen molar-refractivity contribution >= 4 is 116 Å². The molecule has 66 heavy (non-hydrogen) atoms. The molecule has 0 bridgehead atoms. The van der Waals surface area contributed by atoms with Crippen LogP contribution in [0, 0.1) is 0 Å². The second-order valence-electron chi connectivity index (χ2n) is 15.0. The largest absolute Gasteiger partial charge is 0.323 e. The molecule has 0 saturated heterocycles. The van der Waals surface area contributed by atoms with Crippen molar-refractivity contribution in [1.29, 1.82) is 0 Å². The minimum atomic E-state index is -1.57. The van der Waals surface area contributed by atoms with Gasteiger partial charge in [-0.1, -0.05) is 61.3 Å². The summed E-state index contributed by atoms with van der Waals surface area (Å²) in [4.78, 5) is 79.1. The number of Topliss-reactive ketones (excluding diaryl/α,β-unsaturated/α-hetero) is 2. The van der Waals surface area contributed by atoms with Crippen LogP contribution in [0.3, 0.4) is 0 Å². The number of hydrogen-bond donors (Lipinski definition) is 4. The minimum absolute atomic E-state index is 0.126. The Bertz CT molecular complexity index is 2560. The van der Waals surface area contributed by atoms with E-state index < -0.39 is 47.3 Å². The van der Waals surface area contributed by atoms with Crippen LogP contribution in [0.25, 0.3) is 0 Å². The lowest BCUT2D eigenvalue weighted by molar-refractivity contribution is -0.127. The molecule has 0 spiro atoms. The lowest BCUT2D eigenvalue weighted by atomic mass is 9.98. The Hall–Kier alpha value is -6.32. The van der Waals surface area contributed by atoms with Gasteiger partial charge in [-0.05, 0) is 136 Å². The standard InChI is InChI=1S/C48H46Cl4N8O6/c1-7-39-40(8-2)42(56-48(66)44(28(6)62)60-58-38-22-32(18-34(52)24-38)46(64)54-36-14-10-12-30(20-36)26(4)50)16-15-41(39)55-47(65)43(27(5)61)59-57-37-21-31(17-33(51)23-37)45(63)53-35-13-9-11-29(19-35)25(3)49/h9-26,43-44H,7-8H2,1-6H3,(H,53,63)(H,54,64)(H,55,65)(H,56,66).